The lowest BCUT2D eigenvalue weighted by atomic mass is 10.0. The van der Waals surface area contributed by atoms with Crippen molar-refractivity contribution < 1.29 is 9.84 Å². The number of methoxy groups -OCH3 is 1. The maximum absolute atomic E-state index is 9.16. The van der Waals surface area contributed by atoms with E-state index in [1.54, 1.807) is 7.11 Å². The first kappa shape index (κ1) is 24.1. The fraction of sp³-hybridized carbons (Fsp3) is 0.632. The summed E-state index contributed by atoms with van der Waals surface area (Å²) < 4.78 is 5.13. The van der Waals surface area contributed by atoms with Crippen molar-refractivity contribution in [1.82, 2.24) is 10.6 Å². The molecule has 3 N–H and O–H groups in total. The molecular weight excluding hydrogens is 429 g/mol. The van der Waals surface area contributed by atoms with Gasteiger partial charge in [0.05, 0.1) is 13.2 Å². The smallest absolute Gasteiger partial charge is 0.191 e. The van der Waals surface area contributed by atoms with Crippen molar-refractivity contribution in [3.63, 3.8) is 0 Å². The second kappa shape index (κ2) is 15.4. The van der Waals surface area contributed by atoms with E-state index in [4.69, 9.17) is 9.84 Å². The third kappa shape index (κ3) is 10.7. The fourth-order valence-electron chi connectivity index (χ4n) is 2.60. The predicted octanol–water partition coefficient (Wildman–Crippen LogP) is 3.30. The van der Waals surface area contributed by atoms with Crippen LogP contribution in [0, 0.1) is 5.92 Å². The van der Waals surface area contributed by atoms with Gasteiger partial charge in [-0.25, -0.2) is 4.99 Å². The van der Waals surface area contributed by atoms with Gasteiger partial charge in [-0.05, 0) is 36.8 Å². The fourth-order valence-corrected chi connectivity index (χ4v) is 2.60. The molecule has 0 aromatic heterocycles. The Balaban J connectivity index is 0.00000576. The zero-order valence-corrected chi connectivity index (χ0v) is 18.1. The summed E-state index contributed by atoms with van der Waals surface area (Å²) in [5, 5.41) is 15.8. The van der Waals surface area contributed by atoms with Crippen LogP contribution >= 0.6 is 24.0 Å². The van der Waals surface area contributed by atoms with Crippen molar-refractivity contribution in [2.45, 2.75) is 46.3 Å². The minimum absolute atomic E-state index is 0. The molecule has 0 aliphatic carbocycles. The Bertz CT molecular complexity index is 460. The topological polar surface area (TPSA) is 65.9 Å². The Morgan fingerprint density at radius 1 is 1.12 bits per heavy atom. The number of aliphatic hydroxyl groups is 1. The van der Waals surface area contributed by atoms with Crippen LogP contribution in [0.4, 0.5) is 0 Å². The van der Waals surface area contributed by atoms with E-state index < -0.39 is 0 Å². The summed E-state index contributed by atoms with van der Waals surface area (Å²) in [4.78, 5) is 4.65. The van der Waals surface area contributed by atoms with E-state index in [2.05, 4.69) is 53.7 Å². The van der Waals surface area contributed by atoms with Gasteiger partial charge in [-0.2, -0.15) is 0 Å². The zero-order chi connectivity index (χ0) is 17.6. The van der Waals surface area contributed by atoms with Gasteiger partial charge in [0.1, 0.15) is 0 Å². The highest BCUT2D eigenvalue weighted by Crippen LogP contribution is 2.09. The van der Waals surface area contributed by atoms with Crippen LogP contribution in [0.2, 0.25) is 0 Å². The van der Waals surface area contributed by atoms with E-state index in [-0.39, 0.29) is 30.6 Å². The number of halogens is 1. The molecule has 144 valence electrons. The molecule has 1 atom stereocenters. The van der Waals surface area contributed by atoms with Gasteiger partial charge in [0.25, 0.3) is 0 Å². The molecule has 0 bridgehead atoms. The quantitative estimate of drug-likeness (QED) is 0.268. The van der Waals surface area contributed by atoms with E-state index in [0.29, 0.717) is 19.1 Å². The monoisotopic (exact) mass is 463 g/mol. The lowest BCUT2D eigenvalue weighted by molar-refractivity contribution is 0.185. The molecule has 1 aromatic rings. The van der Waals surface area contributed by atoms with Crippen molar-refractivity contribution in [2.75, 3.05) is 26.8 Å². The molecule has 0 spiro atoms. The van der Waals surface area contributed by atoms with Crippen molar-refractivity contribution >= 4 is 29.9 Å². The molecule has 0 saturated carbocycles. The Hall–Kier alpha value is -0.860. The molecule has 0 amide bonds. The number of guanidine groups is 1. The second-order valence-corrected chi connectivity index (χ2v) is 5.99. The maximum Gasteiger partial charge on any atom is 0.191 e. The van der Waals surface area contributed by atoms with E-state index in [1.165, 1.54) is 11.1 Å². The lowest BCUT2D eigenvalue weighted by Gasteiger charge is -2.18. The van der Waals surface area contributed by atoms with Crippen LogP contribution in [-0.4, -0.2) is 37.9 Å². The van der Waals surface area contributed by atoms with E-state index in [1.807, 2.05) is 0 Å². The van der Waals surface area contributed by atoms with Crippen molar-refractivity contribution in [3.05, 3.63) is 35.4 Å². The number of hydrogen-bond donors (Lipinski definition) is 3. The van der Waals surface area contributed by atoms with Crippen LogP contribution < -0.4 is 10.6 Å². The normalized spacial score (nSPS) is 12.4. The Morgan fingerprint density at radius 3 is 2.36 bits per heavy atom. The maximum atomic E-state index is 9.16. The predicted molar refractivity (Wildman–Crippen MR) is 115 cm³/mol. The number of rotatable bonds is 11. The molecule has 0 saturated heterocycles. The first-order chi connectivity index (χ1) is 11.7. The Morgan fingerprint density at radius 2 is 1.80 bits per heavy atom. The van der Waals surface area contributed by atoms with Crippen molar-refractivity contribution in [1.29, 1.82) is 0 Å². The van der Waals surface area contributed by atoms with Crippen LogP contribution in [0.3, 0.4) is 0 Å². The molecule has 0 aliphatic heterocycles. The molecule has 1 rings (SSSR count). The number of benzene rings is 1. The highest BCUT2D eigenvalue weighted by Gasteiger charge is 2.08. The number of hydrogen-bond acceptors (Lipinski definition) is 3. The third-order valence-electron chi connectivity index (χ3n) is 3.89. The molecule has 1 aromatic carbocycles. The van der Waals surface area contributed by atoms with Gasteiger partial charge < -0.3 is 20.5 Å². The van der Waals surface area contributed by atoms with Gasteiger partial charge in [0, 0.05) is 26.8 Å². The lowest BCUT2D eigenvalue weighted by Crippen LogP contribution is -2.40. The summed E-state index contributed by atoms with van der Waals surface area (Å²) in [6.07, 6.45) is 3.09. The third-order valence-corrected chi connectivity index (χ3v) is 3.89. The molecule has 25 heavy (non-hydrogen) atoms. The highest BCUT2D eigenvalue weighted by atomic mass is 127. The van der Waals surface area contributed by atoms with Crippen LogP contribution in [0.1, 0.15) is 44.2 Å². The molecule has 0 fully saturated rings. The minimum Gasteiger partial charge on any atom is -0.396 e. The molecule has 0 aliphatic rings. The number of nitrogens with one attached hydrogen (secondary N) is 2. The van der Waals surface area contributed by atoms with Crippen LogP contribution in [0.25, 0.3) is 0 Å². The summed E-state index contributed by atoms with van der Waals surface area (Å²) in [5.41, 5.74) is 2.34. The first-order valence-electron chi connectivity index (χ1n) is 8.93. The van der Waals surface area contributed by atoms with Gasteiger partial charge in [0.2, 0.25) is 0 Å². The standard InChI is InChI=1S/C19H33N3O2.HI/c1-4-6-16(11-12-23)13-21-19(20-5-2)22-14-17-7-9-18(10-8-17)15-24-3;/h7-10,16,23H,4-6,11-15H2,1-3H3,(H2,20,21,22);1H. The summed E-state index contributed by atoms with van der Waals surface area (Å²) in [6, 6.07) is 8.33. The second-order valence-electron chi connectivity index (χ2n) is 5.99. The zero-order valence-electron chi connectivity index (χ0n) is 15.8. The molecule has 1 unspecified atom stereocenters. The molecule has 0 radical (unpaired) electrons. The van der Waals surface area contributed by atoms with Crippen LogP contribution in [-0.2, 0) is 17.9 Å². The van der Waals surface area contributed by atoms with Gasteiger partial charge in [0.15, 0.2) is 5.96 Å². The van der Waals surface area contributed by atoms with Crippen molar-refractivity contribution in [3.8, 4) is 0 Å². The molecule has 0 heterocycles. The Kier molecular flexibility index (Phi) is 14.9. The van der Waals surface area contributed by atoms with Crippen LogP contribution in [0.5, 0.6) is 0 Å². The molecular formula is C19H34IN3O2. The molecule has 5 nitrogen and oxygen atoms in total. The highest BCUT2D eigenvalue weighted by molar-refractivity contribution is 14.0. The number of nitrogens with zero attached hydrogens (tertiary/aromatic N) is 1. The molecule has 6 heteroatoms. The average molecular weight is 463 g/mol. The van der Waals surface area contributed by atoms with Gasteiger partial charge >= 0.3 is 0 Å². The summed E-state index contributed by atoms with van der Waals surface area (Å²) in [5.74, 6) is 1.31. The Labute approximate surface area is 169 Å². The summed E-state index contributed by atoms with van der Waals surface area (Å²) in [7, 11) is 1.70. The van der Waals surface area contributed by atoms with Gasteiger partial charge in [-0.1, -0.05) is 37.6 Å². The largest absolute Gasteiger partial charge is 0.396 e. The minimum atomic E-state index is 0. The van der Waals surface area contributed by atoms with Gasteiger partial charge in [-0.15, -0.1) is 24.0 Å². The van der Waals surface area contributed by atoms with E-state index in [9.17, 15) is 0 Å². The van der Waals surface area contributed by atoms with E-state index in [0.717, 1.165) is 38.3 Å². The van der Waals surface area contributed by atoms with E-state index >= 15 is 0 Å². The van der Waals surface area contributed by atoms with Crippen molar-refractivity contribution in [2.24, 2.45) is 10.9 Å². The number of ether oxygens (including phenoxy) is 1. The van der Waals surface area contributed by atoms with Crippen LogP contribution in [0.15, 0.2) is 29.3 Å². The summed E-state index contributed by atoms with van der Waals surface area (Å²) in [6.45, 7) is 7.43. The van der Waals surface area contributed by atoms with Gasteiger partial charge in [-0.3, -0.25) is 0 Å². The summed E-state index contributed by atoms with van der Waals surface area (Å²) >= 11 is 0. The number of aliphatic hydroxyl groups excluding tert-OH is 1. The number of aliphatic imine (C=N–C) groups is 1. The first-order valence-corrected chi connectivity index (χ1v) is 8.93. The average Bonchev–Trinajstić information content (AvgIpc) is 2.59. The SMILES string of the molecule is CCCC(CCO)CNC(=NCc1ccc(COC)cc1)NCC.I.